The third kappa shape index (κ3) is 2.38. The maximum absolute atomic E-state index is 12.0. The molecule has 1 heterocycles. The van der Waals surface area contributed by atoms with Crippen molar-refractivity contribution in [3.8, 4) is 0 Å². The van der Waals surface area contributed by atoms with Gasteiger partial charge in [0.2, 0.25) is 5.91 Å². The fraction of sp³-hybridized carbons (Fsp3) is 0.417. The molecular formula is C12H13BrN2O3. The number of halogens is 1. The number of nitro groups is 1. The van der Waals surface area contributed by atoms with Gasteiger partial charge < -0.3 is 4.90 Å². The number of alkyl halides is 1. The molecule has 1 unspecified atom stereocenters. The van der Waals surface area contributed by atoms with E-state index in [4.69, 9.17) is 0 Å². The van der Waals surface area contributed by atoms with Gasteiger partial charge in [-0.2, -0.15) is 0 Å². The molecule has 1 fully saturated rings. The summed E-state index contributed by atoms with van der Waals surface area (Å²) in [5, 5.41) is 10.7. The van der Waals surface area contributed by atoms with Crippen molar-refractivity contribution >= 4 is 33.2 Å². The SMILES string of the molecule is Cc1cc(N2CCCC(Br)C2=O)ccc1[N+](=O)[O-]. The predicted octanol–water partition coefficient (Wildman–Crippen LogP) is 2.79. The molecule has 0 N–H and O–H groups in total. The predicted molar refractivity (Wildman–Crippen MR) is 72.1 cm³/mol. The second-order valence-electron chi connectivity index (χ2n) is 4.33. The maximum Gasteiger partial charge on any atom is 0.272 e. The van der Waals surface area contributed by atoms with Gasteiger partial charge in [0, 0.05) is 23.9 Å². The molecule has 1 saturated heterocycles. The highest BCUT2D eigenvalue weighted by Gasteiger charge is 2.28. The van der Waals surface area contributed by atoms with E-state index < -0.39 is 4.92 Å². The van der Waals surface area contributed by atoms with E-state index in [1.54, 1.807) is 24.0 Å². The van der Waals surface area contributed by atoms with E-state index in [1.165, 1.54) is 6.07 Å². The summed E-state index contributed by atoms with van der Waals surface area (Å²) in [6, 6.07) is 4.78. The zero-order chi connectivity index (χ0) is 13.3. The molecule has 18 heavy (non-hydrogen) atoms. The third-order valence-electron chi connectivity index (χ3n) is 3.06. The van der Waals surface area contributed by atoms with E-state index in [9.17, 15) is 14.9 Å². The first-order chi connectivity index (χ1) is 8.50. The summed E-state index contributed by atoms with van der Waals surface area (Å²) in [4.78, 5) is 23.9. The molecule has 1 aliphatic heterocycles. The maximum atomic E-state index is 12.0. The van der Waals surface area contributed by atoms with Crippen molar-refractivity contribution < 1.29 is 9.72 Å². The van der Waals surface area contributed by atoms with Crippen LogP contribution < -0.4 is 4.90 Å². The summed E-state index contributed by atoms with van der Waals surface area (Å²) in [6.07, 6.45) is 1.76. The van der Waals surface area contributed by atoms with Gasteiger partial charge in [0.25, 0.3) is 5.69 Å². The van der Waals surface area contributed by atoms with Gasteiger partial charge in [0.15, 0.2) is 0 Å². The molecule has 1 aromatic carbocycles. The summed E-state index contributed by atoms with van der Waals surface area (Å²) in [6.45, 7) is 2.35. The van der Waals surface area contributed by atoms with Crippen LogP contribution in [0.1, 0.15) is 18.4 Å². The van der Waals surface area contributed by atoms with Gasteiger partial charge in [-0.3, -0.25) is 14.9 Å². The van der Waals surface area contributed by atoms with Crippen molar-refractivity contribution in [2.24, 2.45) is 0 Å². The van der Waals surface area contributed by atoms with Crippen molar-refractivity contribution in [2.75, 3.05) is 11.4 Å². The molecule has 0 spiro atoms. The molecule has 0 saturated carbocycles. The van der Waals surface area contributed by atoms with Crippen molar-refractivity contribution in [1.82, 2.24) is 0 Å². The van der Waals surface area contributed by atoms with Crippen LogP contribution in [-0.2, 0) is 4.79 Å². The summed E-state index contributed by atoms with van der Waals surface area (Å²) in [5.41, 5.74) is 1.38. The van der Waals surface area contributed by atoms with Crippen molar-refractivity contribution in [3.05, 3.63) is 33.9 Å². The Labute approximate surface area is 113 Å². The molecule has 1 atom stereocenters. The monoisotopic (exact) mass is 312 g/mol. The molecule has 0 aliphatic carbocycles. The molecule has 1 aromatic rings. The van der Waals surface area contributed by atoms with Crippen LogP contribution in [0.15, 0.2) is 18.2 Å². The second kappa shape index (κ2) is 5.06. The van der Waals surface area contributed by atoms with Gasteiger partial charge >= 0.3 is 0 Å². The van der Waals surface area contributed by atoms with Crippen LogP contribution >= 0.6 is 15.9 Å². The molecule has 0 bridgehead atoms. The van der Waals surface area contributed by atoms with Gasteiger partial charge in [-0.05, 0) is 31.9 Å². The van der Waals surface area contributed by atoms with E-state index in [-0.39, 0.29) is 16.4 Å². The number of nitro benzene ring substituents is 1. The van der Waals surface area contributed by atoms with Gasteiger partial charge in [-0.25, -0.2) is 0 Å². The minimum absolute atomic E-state index is 0.0227. The van der Waals surface area contributed by atoms with E-state index in [1.807, 2.05) is 0 Å². The number of rotatable bonds is 2. The molecule has 1 aliphatic rings. The van der Waals surface area contributed by atoms with E-state index >= 15 is 0 Å². The lowest BCUT2D eigenvalue weighted by Gasteiger charge is -2.29. The zero-order valence-corrected chi connectivity index (χ0v) is 11.5. The van der Waals surface area contributed by atoms with Crippen molar-refractivity contribution in [2.45, 2.75) is 24.6 Å². The van der Waals surface area contributed by atoms with Gasteiger partial charge in [-0.15, -0.1) is 0 Å². The zero-order valence-electron chi connectivity index (χ0n) is 9.93. The highest BCUT2D eigenvalue weighted by molar-refractivity contribution is 9.10. The Morgan fingerprint density at radius 3 is 2.83 bits per heavy atom. The number of hydrogen-bond acceptors (Lipinski definition) is 3. The summed E-state index contributed by atoms with van der Waals surface area (Å²) in [7, 11) is 0. The number of aryl methyl sites for hydroxylation is 1. The quantitative estimate of drug-likeness (QED) is 0.479. The van der Waals surface area contributed by atoms with Crippen LogP contribution in [0, 0.1) is 17.0 Å². The number of hydrogen-bond donors (Lipinski definition) is 0. The van der Waals surface area contributed by atoms with Crippen LogP contribution in [0.25, 0.3) is 0 Å². The van der Waals surface area contributed by atoms with Crippen LogP contribution in [0.3, 0.4) is 0 Å². The smallest absolute Gasteiger partial charge is 0.272 e. The lowest BCUT2D eigenvalue weighted by Crippen LogP contribution is -2.41. The van der Waals surface area contributed by atoms with E-state index in [0.29, 0.717) is 12.1 Å². The average molecular weight is 313 g/mol. The lowest BCUT2D eigenvalue weighted by atomic mass is 10.1. The van der Waals surface area contributed by atoms with Crippen LogP contribution in [0.5, 0.6) is 0 Å². The first-order valence-electron chi connectivity index (χ1n) is 5.71. The Morgan fingerprint density at radius 1 is 1.50 bits per heavy atom. The van der Waals surface area contributed by atoms with Gasteiger partial charge in [-0.1, -0.05) is 15.9 Å². The Morgan fingerprint density at radius 2 is 2.22 bits per heavy atom. The molecule has 2 rings (SSSR count). The van der Waals surface area contributed by atoms with E-state index in [2.05, 4.69) is 15.9 Å². The molecule has 0 radical (unpaired) electrons. The molecular weight excluding hydrogens is 300 g/mol. The van der Waals surface area contributed by atoms with Crippen LogP contribution in [-0.4, -0.2) is 22.2 Å². The summed E-state index contributed by atoms with van der Waals surface area (Å²) >= 11 is 3.35. The number of benzene rings is 1. The number of anilines is 1. The molecule has 96 valence electrons. The average Bonchev–Trinajstić information content (AvgIpc) is 2.32. The molecule has 5 nitrogen and oxygen atoms in total. The van der Waals surface area contributed by atoms with Crippen LogP contribution in [0.2, 0.25) is 0 Å². The van der Waals surface area contributed by atoms with Crippen molar-refractivity contribution in [3.63, 3.8) is 0 Å². The molecule has 1 amide bonds. The normalized spacial score (nSPS) is 20.0. The summed E-state index contributed by atoms with van der Waals surface area (Å²) < 4.78 is 0. The fourth-order valence-corrected chi connectivity index (χ4v) is 2.67. The fourth-order valence-electron chi connectivity index (χ4n) is 2.10. The number of carbonyl (C=O) groups is 1. The van der Waals surface area contributed by atoms with Gasteiger partial charge in [0.1, 0.15) is 0 Å². The highest BCUT2D eigenvalue weighted by Crippen LogP contribution is 2.28. The summed E-state index contributed by atoms with van der Waals surface area (Å²) in [5.74, 6) is 0.0227. The second-order valence-corrected chi connectivity index (χ2v) is 5.43. The molecule has 0 aromatic heterocycles. The largest absolute Gasteiger partial charge is 0.311 e. The minimum Gasteiger partial charge on any atom is -0.311 e. The minimum atomic E-state index is -0.412. The Hall–Kier alpha value is -1.43. The molecule has 6 heteroatoms. The number of nitrogens with zero attached hydrogens (tertiary/aromatic N) is 2. The Kier molecular flexibility index (Phi) is 3.65. The Bertz CT molecular complexity index is 504. The Balaban J connectivity index is 2.31. The first kappa shape index (κ1) is 13.0. The van der Waals surface area contributed by atoms with E-state index in [0.717, 1.165) is 18.5 Å². The van der Waals surface area contributed by atoms with Crippen LogP contribution in [0.4, 0.5) is 11.4 Å². The third-order valence-corrected chi connectivity index (χ3v) is 3.91. The lowest BCUT2D eigenvalue weighted by molar-refractivity contribution is -0.385. The topological polar surface area (TPSA) is 63.5 Å². The first-order valence-corrected chi connectivity index (χ1v) is 6.63. The standard InChI is InChI=1S/C12H13BrN2O3/c1-8-7-9(4-5-11(8)15(17)18)14-6-2-3-10(13)12(14)16/h4-5,7,10H,2-3,6H2,1H3. The highest BCUT2D eigenvalue weighted by atomic mass is 79.9. The number of carbonyl (C=O) groups excluding carboxylic acids is 1. The number of amides is 1. The van der Waals surface area contributed by atoms with Gasteiger partial charge in [0.05, 0.1) is 9.75 Å². The number of piperidine rings is 1. The van der Waals surface area contributed by atoms with Crippen molar-refractivity contribution in [1.29, 1.82) is 0 Å².